The van der Waals surface area contributed by atoms with Crippen LogP contribution in [0, 0.1) is 0 Å². The van der Waals surface area contributed by atoms with Gasteiger partial charge in [-0.05, 0) is 72.9 Å². The molecular weight excluding hydrogens is 458 g/mol. The highest BCUT2D eigenvalue weighted by Crippen LogP contribution is 2.42. The lowest BCUT2D eigenvalue weighted by Crippen LogP contribution is -2.30. The molecule has 4 heterocycles. The van der Waals surface area contributed by atoms with Crippen LogP contribution >= 0.6 is 28.1 Å². The van der Waals surface area contributed by atoms with E-state index in [0.717, 1.165) is 27.2 Å². The third-order valence-electron chi connectivity index (χ3n) is 5.23. The third-order valence-corrected chi connectivity index (χ3v) is 6.07. The van der Waals surface area contributed by atoms with Crippen molar-refractivity contribution in [2.24, 2.45) is 0 Å². The summed E-state index contributed by atoms with van der Waals surface area (Å²) in [7, 11) is 0. The van der Waals surface area contributed by atoms with Crippen molar-refractivity contribution in [3.63, 3.8) is 0 Å². The normalized spacial score (nSPS) is 18.4. The van der Waals surface area contributed by atoms with E-state index < -0.39 is 0 Å². The fourth-order valence-corrected chi connectivity index (χ4v) is 4.52. The minimum absolute atomic E-state index is 0.0725. The zero-order valence-corrected chi connectivity index (χ0v) is 18.3. The van der Waals surface area contributed by atoms with Crippen molar-refractivity contribution < 1.29 is 0 Å². The molecule has 1 saturated heterocycles. The first-order valence-corrected chi connectivity index (χ1v) is 10.8. The highest BCUT2D eigenvalue weighted by atomic mass is 79.9. The lowest BCUT2D eigenvalue weighted by atomic mass is 10.0. The molecule has 1 N–H and O–H groups in total. The number of halogens is 1. The molecule has 0 unspecified atom stereocenters. The number of nitrogens with one attached hydrogen (secondary N) is 1. The molecular formula is C23H18BrN5S. The Morgan fingerprint density at radius 2 is 1.67 bits per heavy atom. The van der Waals surface area contributed by atoms with Crippen LogP contribution in [0.5, 0.6) is 0 Å². The average molecular weight is 476 g/mol. The van der Waals surface area contributed by atoms with Crippen LogP contribution in [0.2, 0.25) is 0 Å². The molecule has 0 radical (unpaired) electrons. The molecule has 0 amide bonds. The number of anilines is 1. The van der Waals surface area contributed by atoms with Gasteiger partial charge in [-0.15, -0.1) is 0 Å². The van der Waals surface area contributed by atoms with E-state index in [1.165, 1.54) is 0 Å². The van der Waals surface area contributed by atoms with E-state index in [1.807, 2.05) is 48.7 Å². The zero-order valence-electron chi connectivity index (χ0n) is 15.9. The molecule has 5 rings (SSSR count). The minimum Gasteiger partial charge on any atom is -0.351 e. The van der Waals surface area contributed by atoms with Crippen LogP contribution in [-0.4, -0.2) is 19.6 Å². The molecule has 0 saturated carbocycles. The summed E-state index contributed by atoms with van der Waals surface area (Å²) in [5.74, 6) is 0. The van der Waals surface area contributed by atoms with Gasteiger partial charge >= 0.3 is 0 Å². The van der Waals surface area contributed by atoms with Crippen molar-refractivity contribution in [1.82, 2.24) is 19.9 Å². The summed E-state index contributed by atoms with van der Waals surface area (Å²) in [6, 6.07) is 22.2. The second-order valence-electron chi connectivity index (χ2n) is 6.98. The molecule has 0 aliphatic carbocycles. The number of aromatic nitrogens is 3. The Morgan fingerprint density at radius 3 is 2.40 bits per heavy atom. The number of hydrogen-bond donors (Lipinski definition) is 1. The zero-order chi connectivity index (χ0) is 20.5. The highest BCUT2D eigenvalue weighted by molar-refractivity contribution is 9.10. The highest BCUT2D eigenvalue weighted by Gasteiger charge is 2.42. The Hall–Kier alpha value is -3.03. The molecule has 1 aromatic carbocycles. The Bertz CT molecular complexity index is 1160. The van der Waals surface area contributed by atoms with Crippen LogP contribution in [0.4, 0.5) is 5.69 Å². The lowest BCUT2D eigenvalue weighted by molar-refractivity contribution is 0.549. The van der Waals surface area contributed by atoms with Crippen molar-refractivity contribution in [3.05, 3.63) is 107 Å². The van der Waals surface area contributed by atoms with Gasteiger partial charge < -0.3 is 14.8 Å². The lowest BCUT2D eigenvalue weighted by Gasteiger charge is -2.29. The predicted molar refractivity (Wildman–Crippen MR) is 126 cm³/mol. The third kappa shape index (κ3) is 3.40. The van der Waals surface area contributed by atoms with Crippen molar-refractivity contribution in [2.75, 3.05) is 4.90 Å². The maximum atomic E-state index is 5.80. The second kappa shape index (κ2) is 8.01. The number of hydrogen-bond acceptors (Lipinski definition) is 3. The van der Waals surface area contributed by atoms with Crippen molar-refractivity contribution in [2.45, 2.75) is 12.1 Å². The maximum Gasteiger partial charge on any atom is 0.174 e. The quantitative estimate of drug-likeness (QED) is 0.410. The van der Waals surface area contributed by atoms with Gasteiger partial charge in [0.15, 0.2) is 5.11 Å². The summed E-state index contributed by atoms with van der Waals surface area (Å²) < 4.78 is 3.21. The Balaban J connectivity index is 1.67. The molecule has 0 bridgehead atoms. The Labute approximate surface area is 188 Å². The summed E-state index contributed by atoms with van der Waals surface area (Å²) in [4.78, 5) is 11.0. The van der Waals surface area contributed by atoms with Crippen molar-refractivity contribution >= 4 is 38.9 Å². The largest absolute Gasteiger partial charge is 0.351 e. The number of pyridine rings is 2. The first-order valence-electron chi connectivity index (χ1n) is 9.56. The van der Waals surface area contributed by atoms with E-state index in [4.69, 9.17) is 12.2 Å². The molecule has 1 fully saturated rings. The summed E-state index contributed by atoms with van der Waals surface area (Å²) in [6.45, 7) is 0. The van der Waals surface area contributed by atoms with E-state index in [1.54, 1.807) is 12.4 Å². The summed E-state index contributed by atoms with van der Waals surface area (Å²) in [5.41, 5.74) is 4.15. The standard InChI is InChI=1S/C23H18BrN5S/c24-16-6-8-18(9-7-16)29-22(21(27-23(29)30)19-4-1-2-12-26-19)20-5-3-15-28(20)17-10-13-25-14-11-17/h1-15,21-22H,(H,27,30)/t21-,22+/m1/s1. The first kappa shape index (κ1) is 19.0. The molecule has 7 heteroatoms. The van der Waals surface area contributed by atoms with E-state index in [2.05, 4.69) is 71.1 Å². The number of rotatable bonds is 4. The molecule has 1 aliphatic heterocycles. The van der Waals surface area contributed by atoms with Gasteiger partial charge in [-0.3, -0.25) is 9.97 Å². The van der Waals surface area contributed by atoms with Crippen molar-refractivity contribution in [3.8, 4) is 5.69 Å². The first-order chi connectivity index (χ1) is 14.7. The number of benzene rings is 1. The van der Waals surface area contributed by atoms with Gasteiger partial charge in [-0.1, -0.05) is 22.0 Å². The monoisotopic (exact) mass is 475 g/mol. The molecule has 2 atom stereocenters. The van der Waals surface area contributed by atoms with Gasteiger partial charge in [0.05, 0.1) is 11.7 Å². The van der Waals surface area contributed by atoms with Gasteiger partial charge in [0, 0.05) is 46.3 Å². The van der Waals surface area contributed by atoms with Gasteiger partial charge in [0.2, 0.25) is 0 Å². The second-order valence-corrected chi connectivity index (χ2v) is 8.28. The minimum atomic E-state index is -0.0853. The molecule has 4 aromatic rings. The summed E-state index contributed by atoms with van der Waals surface area (Å²) >= 11 is 9.33. The molecule has 148 valence electrons. The van der Waals surface area contributed by atoms with Crippen LogP contribution < -0.4 is 10.2 Å². The van der Waals surface area contributed by atoms with E-state index in [0.29, 0.717) is 5.11 Å². The Morgan fingerprint density at radius 1 is 0.867 bits per heavy atom. The summed E-state index contributed by atoms with van der Waals surface area (Å²) in [6.07, 6.45) is 7.50. The number of nitrogens with zero attached hydrogens (tertiary/aromatic N) is 4. The maximum absolute atomic E-state index is 5.80. The van der Waals surface area contributed by atoms with Gasteiger partial charge in [-0.25, -0.2) is 0 Å². The van der Waals surface area contributed by atoms with Crippen LogP contribution in [-0.2, 0) is 0 Å². The molecule has 1 aliphatic rings. The fraction of sp³-hybridized carbons (Fsp3) is 0.0870. The van der Waals surface area contributed by atoms with Crippen LogP contribution in [0.15, 0.2) is 96.0 Å². The molecule has 5 nitrogen and oxygen atoms in total. The van der Waals surface area contributed by atoms with Gasteiger partial charge in [0.25, 0.3) is 0 Å². The van der Waals surface area contributed by atoms with E-state index in [-0.39, 0.29) is 12.1 Å². The topological polar surface area (TPSA) is 46.0 Å². The van der Waals surface area contributed by atoms with Gasteiger partial charge in [-0.2, -0.15) is 0 Å². The fourth-order valence-electron chi connectivity index (χ4n) is 3.91. The van der Waals surface area contributed by atoms with Crippen molar-refractivity contribution in [1.29, 1.82) is 0 Å². The van der Waals surface area contributed by atoms with Crippen LogP contribution in [0.25, 0.3) is 5.69 Å². The summed E-state index contributed by atoms with van der Waals surface area (Å²) in [5, 5.41) is 4.19. The predicted octanol–water partition coefficient (Wildman–Crippen LogP) is 5.21. The van der Waals surface area contributed by atoms with E-state index in [9.17, 15) is 0 Å². The average Bonchev–Trinajstić information content (AvgIpc) is 3.40. The molecule has 30 heavy (non-hydrogen) atoms. The van der Waals surface area contributed by atoms with Gasteiger partial charge in [0.1, 0.15) is 6.04 Å². The Kier molecular flexibility index (Phi) is 5.06. The number of thiocarbonyl (C=S) groups is 1. The van der Waals surface area contributed by atoms with E-state index >= 15 is 0 Å². The van der Waals surface area contributed by atoms with Crippen LogP contribution in [0.3, 0.4) is 0 Å². The molecule has 0 spiro atoms. The smallest absolute Gasteiger partial charge is 0.174 e. The molecule has 3 aromatic heterocycles. The SMILES string of the molecule is S=C1N[C@H](c2ccccn2)[C@H](c2cccn2-c2ccncc2)N1c1ccc(Br)cc1. The van der Waals surface area contributed by atoms with Crippen LogP contribution in [0.1, 0.15) is 23.5 Å².